The number of nitrogens with one attached hydrogen (secondary N) is 2. The van der Waals surface area contributed by atoms with Crippen molar-refractivity contribution in [3.63, 3.8) is 0 Å². The van der Waals surface area contributed by atoms with E-state index in [1.54, 1.807) is 26.0 Å². The maximum atomic E-state index is 12.1. The first-order chi connectivity index (χ1) is 11.8. The number of rotatable bonds is 4. The highest BCUT2D eigenvalue weighted by atomic mass is 35.5. The summed E-state index contributed by atoms with van der Waals surface area (Å²) in [5.41, 5.74) is -0.283. The molecule has 0 spiro atoms. The average Bonchev–Trinajstić information content (AvgIpc) is 2.54. The maximum absolute atomic E-state index is 12.1. The molecule has 0 unspecified atom stereocenters. The van der Waals surface area contributed by atoms with Gasteiger partial charge in [0.25, 0.3) is 0 Å². The Morgan fingerprint density at radius 1 is 1.52 bits per heavy atom. The molecule has 0 aromatic carbocycles. The molecule has 0 bridgehead atoms. The maximum Gasteiger partial charge on any atom is 0.243 e. The molecule has 2 rings (SSSR count). The van der Waals surface area contributed by atoms with Crippen molar-refractivity contribution >= 4 is 40.9 Å². The van der Waals surface area contributed by atoms with E-state index in [2.05, 4.69) is 15.6 Å². The Hall–Kier alpha value is -2.55. The van der Waals surface area contributed by atoms with Crippen molar-refractivity contribution in [1.29, 1.82) is 10.5 Å². The quantitative estimate of drug-likeness (QED) is 0.780. The first-order valence-corrected chi connectivity index (χ1v) is 8.56. The Labute approximate surface area is 154 Å². The molecule has 25 heavy (non-hydrogen) atoms. The van der Waals surface area contributed by atoms with E-state index in [0.29, 0.717) is 5.69 Å². The number of allylic oxidation sites excluding steroid dienone is 1. The fourth-order valence-electron chi connectivity index (χ4n) is 2.34. The van der Waals surface area contributed by atoms with Gasteiger partial charge in [0.15, 0.2) is 5.15 Å². The lowest BCUT2D eigenvalue weighted by atomic mass is 9.72. The molecule has 1 aliphatic rings. The van der Waals surface area contributed by atoms with Gasteiger partial charge in [0.05, 0.1) is 34.2 Å². The highest BCUT2D eigenvalue weighted by Gasteiger charge is 2.44. The third-order valence-corrected chi connectivity index (χ3v) is 5.02. The first-order valence-electron chi connectivity index (χ1n) is 7.19. The minimum absolute atomic E-state index is 0.0423. The van der Waals surface area contributed by atoms with Crippen molar-refractivity contribution in [3.8, 4) is 12.1 Å². The number of amides is 2. The van der Waals surface area contributed by atoms with Gasteiger partial charge >= 0.3 is 0 Å². The van der Waals surface area contributed by atoms with E-state index in [4.69, 9.17) is 11.6 Å². The van der Waals surface area contributed by atoms with Crippen LogP contribution in [0.15, 0.2) is 28.9 Å². The zero-order chi connectivity index (χ0) is 18.6. The molecule has 2 amide bonds. The van der Waals surface area contributed by atoms with Gasteiger partial charge in [-0.15, -0.1) is 0 Å². The fourth-order valence-corrected chi connectivity index (χ4v) is 3.48. The number of carbonyl (C=O) groups is 2. The molecule has 0 radical (unpaired) electrons. The third kappa shape index (κ3) is 3.93. The van der Waals surface area contributed by atoms with E-state index in [1.807, 2.05) is 12.1 Å². The second kappa shape index (κ2) is 7.56. The fraction of sp³-hybridized carbons (Fsp3) is 0.312. The number of pyridine rings is 1. The molecule has 0 aliphatic carbocycles. The van der Waals surface area contributed by atoms with Gasteiger partial charge < -0.3 is 10.6 Å². The summed E-state index contributed by atoms with van der Waals surface area (Å²) in [4.78, 5) is 28.0. The second-order valence-corrected chi connectivity index (χ2v) is 7.11. The molecular weight excluding hydrogens is 362 g/mol. The molecule has 7 nitrogen and oxygen atoms in total. The molecule has 0 fully saturated rings. The standard InChI is InChI=1S/C16H14ClN5O2S/c1-16(2)9(6-18)14(24)22-15(10(16)7-19)25-8-12(23)21-11-4-3-5-20-13(11)17/h3-5,9H,8H2,1-2H3,(H,21,23)(H,22,24)/t9-/m0/s1. The van der Waals surface area contributed by atoms with Crippen LogP contribution in [0.25, 0.3) is 0 Å². The van der Waals surface area contributed by atoms with E-state index >= 15 is 0 Å². The number of hydrogen-bond donors (Lipinski definition) is 2. The minimum Gasteiger partial charge on any atom is -0.323 e. The van der Waals surface area contributed by atoms with Crippen LogP contribution in [0, 0.1) is 34.0 Å². The molecule has 128 valence electrons. The Morgan fingerprint density at radius 2 is 2.24 bits per heavy atom. The molecule has 1 aromatic heterocycles. The molecule has 0 saturated carbocycles. The Kier molecular flexibility index (Phi) is 5.68. The Balaban J connectivity index is 2.14. The van der Waals surface area contributed by atoms with Crippen LogP contribution in [-0.2, 0) is 9.59 Å². The summed E-state index contributed by atoms with van der Waals surface area (Å²) in [5.74, 6) is -1.85. The SMILES string of the molecule is CC1(C)C(C#N)=C(SCC(=O)Nc2cccnc2Cl)NC(=O)[C@@H]1C#N. The molecule has 1 aliphatic heterocycles. The lowest BCUT2D eigenvalue weighted by molar-refractivity contribution is -0.125. The number of carbonyl (C=O) groups excluding carboxylic acids is 2. The van der Waals surface area contributed by atoms with Crippen molar-refractivity contribution in [2.45, 2.75) is 13.8 Å². The van der Waals surface area contributed by atoms with Crippen LogP contribution < -0.4 is 10.6 Å². The predicted molar refractivity (Wildman–Crippen MR) is 94.0 cm³/mol. The number of nitriles is 2. The summed E-state index contributed by atoms with van der Waals surface area (Å²) in [6.45, 7) is 3.32. The van der Waals surface area contributed by atoms with Crippen LogP contribution in [0.3, 0.4) is 0 Å². The average molecular weight is 376 g/mol. The third-order valence-electron chi connectivity index (χ3n) is 3.71. The summed E-state index contributed by atoms with van der Waals surface area (Å²) in [7, 11) is 0. The molecule has 0 saturated heterocycles. The van der Waals surface area contributed by atoms with E-state index in [0.717, 1.165) is 11.8 Å². The summed E-state index contributed by atoms with van der Waals surface area (Å²) in [6, 6.07) is 7.21. The summed E-state index contributed by atoms with van der Waals surface area (Å²) in [6.07, 6.45) is 1.50. The van der Waals surface area contributed by atoms with Gasteiger partial charge in [-0.2, -0.15) is 10.5 Å². The van der Waals surface area contributed by atoms with Crippen LogP contribution in [0.2, 0.25) is 5.15 Å². The number of thioether (sulfide) groups is 1. The number of hydrogen-bond acceptors (Lipinski definition) is 6. The van der Waals surface area contributed by atoms with Gasteiger partial charge in [-0.3, -0.25) is 9.59 Å². The van der Waals surface area contributed by atoms with E-state index in [1.165, 1.54) is 6.20 Å². The van der Waals surface area contributed by atoms with Crippen LogP contribution in [0.1, 0.15) is 13.8 Å². The number of halogens is 1. The second-order valence-electron chi connectivity index (χ2n) is 5.77. The summed E-state index contributed by atoms with van der Waals surface area (Å²) in [5, 5.41) is 24.2. The lowest BCUT2D eigenvalue weighted by Crippen LogP contribution is -2.44. The van der Waals surface area contributed by atoms with Gasteiger partial charge in [-0.1, -0.05) is 37.2 Å². The zero-order valence-corrected chi connectivity index (χ0v) is 15.0. The monoisotopic (exact) mass is 375 g/mol. The largest absolute Gasteiger partial charge is 0.323 e. The molecule has 1 atom stereocenters. The van der Waals surface area contributed by atoms with Crippen molar-refractivity contribution in [2.24, 2.45) is 11.3 Å². The van der Waals surface area contributed by atoms with Gasteiger partial charge in [0.1, 0.15) is 5.92 Å². The van der Waals surface area contributed by atoms with Gasteiger partial charge in [-0.05, 0) is 12.1 Å². The van der Waals surface area contributed by atoms with Crippen molar-refractivity contribution in [2.75, 3.05) is 11.1 Å². The minimum atomic E-state index is -0.963. The molecule has 2 N–H and O–H groups in total. The molecule has 2 heterocycles. The predicted octanol–water partition coefficient (Wildman–Crippen LogP) is 2.44. The van der Waals surface area contributed by atoms with Gasteiger partial charge in [0.2, 0.25) is 11.8 Å². The summed E-state index contributed by atoms with van der Waals surface area (Å²) >= 11 is 6.90. The molecule has 1 aromatic rings. The van der Waals surface area contributed by atoms with E-state index in [-0.39, 0.29) is 27.4 Å². The van der Waals surface area contributed by atoms with Gasteiger partial charge in [0, 0.05) is 11.6 Å². The lowest BCUT2D eigenvalue weighted by Gasteiger charge is -2.34. The van der Waals surface area contributed by atoms with Crippen LogP contribution in [-0.4, -0.2) is 22.6 Å². The van der Waals surface area contributed by atoms with Crippen molar-refractivity contribution in [1.82, 2.24) is 10.3 Å². The van der Waals surface area contributed by atoms with E-state index < -0.39 is 17.2 Å². The van der Waals surface area contributed by atoms with Crippen LogP contribution in [0.4, 0.5) is 5.69 Å². The Bertz CT molecular complexity index is 838. The van der Waals surface area contributed by atoms with Crippen molar-refractivity contribution < 1.29 is 9.59 Å². The van der Waals surface area contributed by atoms with E-state index in [9.17, 15) is 20.1 Å². The first kappa shape index (κ1) is 18.8. The summed E-state index contributed by atoms with van der Waals surface area (Å²) < 4.78 is 0. The number of anilines is 1. The molecule has 9 heteroatoms. The zero-order valence-electron chi connectivity index (χ0n) is 13.5. The smallest absolute Gasteiger partial charge is 0.243 e. The topological polar surface area (TPSA) is 119 Å². The van der Waals surface area contributed by atoms with Crippen LogP contribution >= 0.6 is 23.4 Å². The van der Waals surface area contributed by atoms with Gasteiger partial charge in [-0.25, -0.2) is 4.98 Å². The molecular formula is C16H14ClN5O2S. The highest BCUT2D eigenvalue weighted by molar-refractivity contribution is 8.03. The number of aromatic nitrogens is 1. The number of nitrogens with zero attached hydrogens (tertiary/aromatic N) is 3. The Morgan fingerprint density at radius 3 is 2.84 bits per heavy atom. The van der Waals surface area contributed by atoms with Crippen molar-refractivity contribution in [3.05, 3.63) is 34.1 Å². The van der Waals surface area contributed by atoms with Crippen LogP contribution in [0.5, 0.6) is 0 Å². The highest BCUT2D eigenvalue weighted by Crippen LogP contribution is 2.41. The normalized spacial score (nSPS) is 18.8.